The van der Waals surface area contributed by atoms with Crippen molar-refractivity contribution in [2.75, 3.05) is 14.1 Å². The Morgan fingerprint density at radius 2 is 1.73 bits per heavy atom. The normalized spacial score (nSPS) is 16.0. The number of hydrogen-bond acceptors (Lipinski definition) is 3. The van der Waals surface area contributed by atoms with Gasteiger partial charge < -0.3 is 9.47 Å². The predicted molar refractivity (Wildman–Crippen MR) is 113 cm³/mol. The van der Waals surface area contributed by atoms with Crippen LogP contribution in [0, 0.1) is 0 Å². The van der Waals surface area contributed by atoms with Crippen LogP contribution in [0.1, 0.15) is 31.9 Å². The second-order valence-corrected chi connectivity index (χ2v) is 8.02. The summed E-state index contributed by atoms with van der Waals surface area (Å²) in [6.07, 6.45) is 2.18. The monoisotopic (exact) mass is 437 g/mol. The zero-order valence-electron chi connectivity index (χ0n) is 15.7. The number of benzene rings is 2. The van der Waals surface area contributed by atoms with Gasteiger partial charge in [0.2, 0.25) is 0 Å². The van der Waals surface area contributed by atoms with Crippen LogP contribution in [0.15, 0.2) is 53.0 Å². The van der Waals surface area contributed by atoms with Gasteiger partial charge in [-0.15, -0.1) is 12.4 Å². The third-order valence-corrected chi connectivity index (χ3v) is 4.83. The Morgan fingerprint density at radius 3 is 2.35 bits per heavy atom. The second-order valence-electron chi connectivity index (χ2n) is 7.11. The highest BCUT2D eigenvalue weighted by Gasteiger charge is 2.27. The van der Waals surface area contributed by atoms with Gasteiger partial charge in [-0.2, -0.15) is 0 Å². The van der Waals surface area contributed by atoms with Gasteiger partial charge in [-0.1, -0.05) is 28.1 Å². The number of halogens is 2. The Balaban J connectivity index is 0.00000243. The lowest BCUT2D eigenvalue weighted by Gasteiger charge is -2.32. The van der Waals surface area contributed by atoms with Gasteiger partial charge in [0.05, 0.1) is 0 Å². The van der Waals surface area contributed by atoms with Crippen molar-refractivity contribution in [1.82, 2.24) is 4.90 Å². The van der Waals surface area contributed by atoms with Crippen molar-refractivity contribution in [2.45, 2.75) is 32.6 Å². The van der Waals surface area contributed by atoms with Gasteiger partial charge in [0.1, 0.15) is 23.3 Å². The second kappa shape index (κ2) is 8.03. The Bertz CT molecular complexity index is 800. The average molecular weight is 439 g/mol. The minimum absolute atomic E-state index is 0. The Labute approximate surface area is 170 Å². The molecular formula is C21H25BrClNO2. The van der Waals surface area contributed by atoms with Gasteiger partial charge in [-0.3, -0.25) is 4.90 Å². The van der Waals surface area contributed by atoms with E-state index in [4.69, 9.17) is 9.47 Å². The Morgan fingerprint density at radius 1 is 1.08 bits per heavy atom. The first kappa shape index (κ1) is 20.8. The molecule has 26 heavy (non-hydrogen) atoms. The van der Waals surface area contributed by atoms with Crippen molar-refractivity contribution >= 4 is 33.9 Å². The fourth-order valence-electron chi connectivity index (χ4n) is 2.79. The molecular weight excluding hydrogens is 414 g/mol. The molecule has 3 nitrogen and oxygen atoms in total. The zero-order valence-corrected chi connectivity index (χ0v) is 18.1. The average Bonchev–Trinajstić information content (AvgIpc) is 2.53. The molecule has 2 aromatic rings. The van der Waals surface area contributed by atoms with E-state index in [1.54, 1.807) is 0 Å². The SMILES string of the molecule is CC(Oc1ccc2c(c1)OC(C)(C)C=C2c1ccc(Br)cc1)N(C)C.Cl. The molecule has 0 amide bonds. The summed E-state index contributed by atoms with van der Waals surface area (Å²) in [6.45, 7) is 6.17. The molecule has 0 spiro atoms. The van der Waals surface area contributed by atoms with Crippen LogP contribution in [-0.4, -0.2) is 30.8 Å². The molecule has 0 saturated heterocycles. The van der Waals surface area contributed by atoms with Crippen molar-refractivity contribution in [1.29, 1.82) is 0 Å². The Hall–Kier alpha value is -1.49. The maximum absolute atomic E-state index is 6.20. The third kappa shape index (κ3) is 4.61. The number of hydrogen-bond donors (Lipinski definition) is 0. The molecule has 1 heterocycles. The van der Waals surface area contributed by atoms with E-state index < -0.39 is 0 Å². The number of nitrogens with zero attached hydrogens (tertiary/aromatic N) is 1. The van der Waals surface area contributed by atoms with Crippen LogP contribution in [-0.2, 0) is 0 Å². The standard InChI is InChI=1S/C21H24BrNO2.ClH/c1-14(23(4)5)24-17-10-11-18-19(15-6-8-16(22)9-7-15)13-21(2,3)25-20(18)12-17;/h6-14H,1-5H3;1H. The van der Waals surface area contributed by atoms with E-state index in [0.717, 1.165) is 21.5 Å². The summed E-state index contributed by atoms with van der Waals surface area (Å²) < 4.78 is 13.3. The van der Waals surface area contributed by atoms with E-state index >= 15 is 0 Å². The lowest BCUT2D eigenvalue weighted by atomic mass is 9.90. The molecule has 0 bridgehead atoms. The third-order valence-electron chi connectivity index (χ3n) is 4.30. The van der Waals surface area contributed by atoms with Crippen LogP contribution < -0.4 is 9.47 Å². The van der Waals surface area contributed by atoms with Crippen molar-refractivity contribution in [3.63, 3.8) is 0 Å². The summed E-state index contributed by atoms with van der Waals surface area (Å²) in [6, 6.07) is 14.5. The minimum atomic E-state index is -0.374. The highest BCUT2D eigenvalue weighted by Crippen LogP contribution is 2.41. The molecule has 140 valence electrons. The van der Waals surface area contributed by atoms with Crippen molar-refractivity contribution < 1.29 is 9.47 Å². The van der Waals surface area contributed by atoms with Gasteiger partial charge in [-0.05, 0) is 76.3 Å². The topological polar surface area (TPSA) is 21.7 Å². The first-order valence-corrected chi connectivity index (χ1v) is 9.20. The van der Waals surface area contributed by atoms with Gasteiger partial charge in [0, 0.05) is 16.1 Å². The van der Waals surface area contributed by atoms with E-state index in [2.05, 4.69) is 66.2 Å². The fourth-order valence-corrected chi connectivity index (χ4v) is 3.06. The van der Waals surface area contributed by atoms with E-state index in [9.17, 15) is 0 Å². The molecule has 0 aromatic heterocycles. The molecule has 0 N–H and O–H groups in total. The van der Waals surface area contributed by atoms with E-state index in [1.807, 2.05) is 38.1 Å². The molecule has 1 atom stereocenters. The van der Waals surface area contributed by atoms with Crippen LogP contribution in [0.5, 0.6) is 11.5 Å². The smallest absolute Gasteiger partial charge is 0.149 e. The van der Waals surface area contributed by atoms with Gasteiger partial charge in [0.15, 0.2) is 0 Å². The van der Waals surface area contributed by atoms with E-state index in [0.29, 0.717) is 0 Å². The van der Waals surface area contributed by atoms with Crippen LogP contribution in [0.2, 0.25) is 0 Å². The fraction of sp³-hybridized carbons (Fsp3) is 0.333. The van der Waals surface area contributed by atoms with Crippen LogP contribution >= 0.6 is 28.3 Å². The molecule has 0 saturated carbocycles. The summed E-state index contributed by atoms with van der Waals surface area (Å²) in [4.78, 5) is 2.03. The summed E-state index contributed by atoms with van der Waals surface area (Å²) in [5, 5.41) is 0. The zero-order chi connectivity index (χ0) is 18.2. The van der Waals surface area contributed by atoms with Crippen molar-refractivity contribution in [3.8, 4) is 11.5 Å². The molecule has 3 rings (SSSR count). The molecule has 0 aliphatic carbocycles. The summed E-state index contributed by atoms with van der Waals surface area (Å²) in [7, 11) is 3.99. The summed E-state index contributed by atoms with van der Waals surface area (Å²) >= 11 is 3.50. The Kier molecular flexibility index (Phi) is 6.43. The number of fused-ring (bicyclic) bond motifs is 1. The van der Waals surface area contributed by atoms with Gasteiger partial charge in [-0.25, -0.2) is 0 Å². The van der Waals surface area contributed by atoms with Crippen molar-refractivity contribution in [3.05, 3.63) is 64.1 Å². The first-order valence-electron chi connectivity index (χ1n) is 8.40. The number of ether oxygens (including phenoxy) is 2. The van der Waals surface area contributed by atoms with Crippen LogP contribution in [0.25, 0.3) is 5.57 Å². The largest absolute Gasteiger partial charge is 0.483 e. The summed E-state index contributed by atoms with van der Waals surface area (Å²) in [5.41, 5.74) is 3.08. The predicted octanol–water partition coefficient (Wildman–Crippen LogP) is 5.76. The molecule has 1 aliphatic rings. The lowest BCUT2D eigenvalue weighted by molar-refractivity contribution is 0.0806. The molecule has 1 unspecified atom stereocenters. The maximum Gasteiger partial charge on any atom is 0.149 e. The highest BCUT2D eigenvalue weighted by molar-refractivity contribution is 9.10. The first-order chi connectivity index (χ1) is 11.7. The molecule has 1 aliphatic heterocycles. The molecule has 0 radical (unpaired) electrons. The maximum atomic E-state index is 6.20. The molecule has 0 fully saturated rings. The van der Waals surface area contributed by atoms with Crippen molar-refractivity contribution in [2.24, 2.45) is 0 Å². The van der Waals surface area contributed by atoms with Gasteiger partial charge >= 0.3 is 0 Å². The van der Waals surface area contributed by atoms with E-state index in [-0.39, 0.29) is 24.2 Å². The molecule has 5 heteroatoms. The summed E-state index contributed by atoms with van der Waals surface area (Å²) in [5.74, 6) is 1.67. The number of rotatable bonds is 4. The van der Waals surface area contributed by atoms with Crippen LogP contribution in [0.3, 0.4) is 0 Å². The van der Waals surface area contributed by atoms with Crippen LogP contribution in [0.4, 0.5) is 0 Å². The minimum Gasteiger partial charge on any atom is -0.483 e. The van der Waals surface area contributed by atoms with E-state index in [1.165, 1.54) is 11.1 Å². The quantitative estimate of drug-likeness (QED) is 0.566. The molecule has 2 aromatic carbocycles. The highest BCUT2D eigenvalue weighted by atomic mass is 79.9. The van der Waals surface area contributed by atoms with Gasteiger partial charge in [0.25, 0.3) is 0 Å². The lowest BCUT2D eigenvalue weighted by Crippen LogP contribution is -2.31.